The zero-order valence-electron chi connectivity index (χ0n) is 21.5. The van der Waals surface area contributed by atoms with Crippen LogP contribution in [0.25, 0.3) is 0 Å². The number of hydrogen-bond acceptors (Lipinski definition) is 7. The van der Waals surface area contributed by atoms with E-state index in [2.05, 4.69) is 21.6 Å². The van der Waals surface area contributed by atoms with Crippen LogP contribution in [-0.2, 0) is 20.7 Å². The molecular weight excluding hydrogens is 523 g/mol. The molecule has 5 rings (SSSR count). The highest BCUT2D eigenvalue weighted by Gasteiger charge is 2.34. The van der Waals surface area contributed by atoms with Gasteiger partial charge in [0.15, 0.2) is 11.9 Å². The molecule has 3 aromatic rings. The third-order valence-corrected chi connectivity index (χ3v) is 8.18. The first kappa shape index (κ1) is 26.6. The number of aromatic nitrogens is 2. The van der Waals surface area contributed by atoms with Crippen LogP contribution in [0.5, 0.6) is 0 Å². The maximum absolute atomic E-state index is 14.1. The summed E-state index contributed by atoms with van der Waals surface area (Å²) in [5, 5.41) is 0.0785. The highest BCUT2D eigenvalue weighted by atomic mass is 32.2. The standard InChI is InChI=1S/C28H31FN4O3S2/c1-35-28(37)36-25-10-9-24(19-5-3-6-20(29)15-19)33-22(17-30-27(25)33)11-12-31-13-14-32(26(34)18-31)21-7-4-8-23(16-21)38-2/h3-8,15-17,24-25H,9-14,18H2,1-2H3. The SMILES string of the molecule is COC(=S)OC1CCC(c2cccc(F)c2)n2c(CCN3CCN(c4cccc(SC)c4)C(=O)C3)cnc21. The Morgan fingerprint density at radius 2 is 2.03 bits per heavy atom. The fourth-order valence-corrected chi connectivity index (χ4v) is 5.87. The molecular formula is C28H31FN4O3S2. The number of thiocarbonyl (C=S) groups is 1. The van der Waals surface area contributed by atoms with Gasteiger partial charge in [-0.2, -0.15) is 0 Å². The fourth-order valence-electron chi connectivity index (χ4n) is 5.31. The summed E-state index contributed by atoms with van der Waals surface area (Å²) in [6.07, 6.45) is 5.72. The molecule has 0 spiro atoms. The van der Waals surface area contributed by atoms with Crippen LogP contribution >= 0.6 is 24.0 Å². The summed E-state index contributed by atoms with van der Waals surface area (Å²) >= 11 is 6.81. The van der Waals surface area contributed by atoms with Crippen molar-refractivity contribution in [2.75, 3.05) is 44.4 Å². The lowest BCUT2D eigenvalue weighted by molar-refractivity contribution is -0.121. The van der Waals surface area contributed by atoms with Crippen LogP contribution in [0, 0.1) is 5.82 Å². The molecule has 0 aliphatic carbocycles. The highest BCUT2D eigenvalue weighted by molar-refractivity contribution is 7.98. The monoisotopic (exact) mass is 554 g/mol. The number of carbonyl (C=O) groups excluding carboxylic acids is 1. The van der Waals surface area contributed by atoms with Crippen molar-refractivity contribution in [1.29, 1.82) is 0 Å². The summed E-state index contributed by atoms with van der Waals surface area (Å²) in [5.74, 6) is 0.600. The van der Waals surface area contributed by atoms with Crippen molar-refractivity contribution in [1.82, 2.24) is 14.5 Å². The number of fused-ring (bicyclic) bond motifs is 1. The van der Waals surface area contributed by atoms with Crippen molar-refractivity contribution in [3.63, 3.8) is 0 Å². The molecule has 2 aliphatic heterocycles. The molecule has 3 heterocycles. The second kappa shape index (κ2) is 11.8. The Hall–Kier alpha value is -2.95. The van der Waals surface area contributed by atoms with Crippen LogP contribution < -0.4 is 4.90 Å². The topological polar surface area (TPSA) is 59.8 Å². The van der Waals surface area contributed by atoms with Gasteiger partial charge in [0.05, 0.1) is 19.7 Å². The molecule has 38 heavy (non-hydrogen) atoms. The van der Waals surface area contributed by atoms with E-state index in [4.69, 9.17) is 26.7 Å². The van der Waals surface area contributed by atoms with E-state index in [9.17, 15) is 9.18 Å². The van der Waals surface area contributed by atoms with Gasteiger partial charge in [-0.3, -0.25) is 9.69 Å². The number of halogens is 1. The summed E-state index contributed by atoms with van der Waals surface area (Å²) in [5.41, 5.74) is 2.87. The van der Waals surface area contributed by atoms with E-state index >= 15 is 0 Å². The van der Waals surface area contributed by atoms with Gasteiger partial charge in [-0.15, -0.1) is 11.8 Å². The first-order valence-electron chi connectivity index (χ1n) is 12.7. The molecule has 0 saturated carbocycles. The van der Waals surface area contributed by atoms with E-state index in [0.717, 1.165) is 40.6 Å². The number of carbonyl (C=O) groups is 1. The van der Waals surface area contributed by atoms with Crippen LogP contribution in [-0.4, -0.2) is 65.1 Å². The Balaban J connectivity index is 1.32. The van der Waals surface area contributed by atoms with Crippen molar-refractivity contribution in [3.8, 4) is 0 Å². The maximum atomic E-state index is 14.1. The first-order valence-corrected chi connectivity index (χ1v) is 14.3. The second-order valence-electron chi connectivity index (χ2n) is 9.46. The van der Waals surface area contributed by atoms with Crippen molar-refractivity contribution in [2.45, 2.75) is 36.3 Å². The number of imidazole rings is 1. The molecule has 0 bridgehead atoms. The molecule has 2 aromatic carbocycles. The molecule has 1 fully saturated rings. The Morgan fingerprint density at radius 1 is 1.18 bits per heavy atom. The summed E-state index contributed by atoms with van der Waals surface area (Å²) in [6.45, 7) is 2.52. The number of nitrogens with zero attached hydrogens (tertiary/aromatic N) is 4. The number of benzene rings is 2. The lowest BCUT2D eigenvalue weighted by Gasteiger charge is -2.35. The average Bonchev–Trinajstić information content (AvgIpc) is 3.36. The summed E-state index contributed by atoms with van der Waals surface area (Å²) in [6, 6.07) is 14.8. The van der Waals surface area contributed by atoms with E-state index < -0.39 is 0 Å². The van der Waals surface area contributed by atoms with Crippen molar-refractivity contribution in [2.24, 2.45) is 0 Å². The molecule has 2 atom stereocenters. The number of piperazine rings is 1. The third kappa shape index (κ3) is 5.72. The Kier molecular flexibility index (Phi) is 8.30. The number of thioether (sulfide) groups is 1. The number of anilines is 1. The van der Waals surface area contributed by atoms with Gasteiger partial charge >= 0.3 is 5.24 Å². The molecule has 2 unspecified atom stereocenters. The number of hydrogen-bond donors (Lipinski definition) is 0. The first-order chi connectivity index (χ1) is 18.5. The van der Waals surface area contributed by atoms with Crippen LogP contribution in [0.1, 0.15) is 42.1 Å². The largest absolute Gasteiger partial charge is 0.460 e. The van der Waals surface area contributed by atoms with Crippen LogP contribution in [0.2, 0.25) is 0 Å². The Bertz CT molecular complexity index is 1320. The second-order valence-corrected chi connectivity index (χ2v) is 10.7. The molecule has 0 N–H and O–H groups in total. The van der Waals surface area contributed by atoms with E-state index in [0.29, 0.717) is 32.5 Å². The van der Waals surface area contributed by atoms with Gasteiger partial charge in [0.25, 0.3) is 0 Å². The predicted octanol–water partition coefficient (Wildman–Crippen LogP) is 5.01. The summed E-state index contributed by atoms with van der Waals surface area (Å²) < 4.78 is 27.2. The summed E-state index contributed by atoms with van der Waals surface area (Å²) in [7, 11) is 1.49. The molecule has 2 aliphatic rings. The van der Waals surface area contributed by atoms with Gasteiger partial charge in [-0.25, -0.2) is 9.37 Å². The zero-order valence-corrected chi connectivity index (χ0v) is 23.1. The van der Waals surface area contributed by atoms with Gasteiger partial charge in [0.2, 0.25) is 5.91 Å². The van der Waals surface area contributed by atoms with Gasteiger partial charge in [0.1, 0.15) is 5.82 Å². The van der Waals surface area contributed by atoms with E-state index in [1.54, 1.807) is 23.9 Å². The van der Waals surface area contributed by atoms with Crippen LogP contribution in [0.3, 0.4) is 0 Å². The Morgan fingerprint density at radius 3 is 2.79 bits per heavy atom. The average molecular weight is 555 g/mol. The van der Waals surface area contributed by atoms with Crippen LogP contribution in [0.4, 0.5) is 10.1 Å². The van der Waals surface area contributed by atoms with Crippen LogP contribution in [0.15, 0.2) is 59.6 Å². The highest BCUT2D eigenvalue weighted by Crippen LogP contribution is 2.39. The minimum atomic E-state index is -0.330. The summed E-state index contributed by atoms with van der Waals surface area (Å²) in [4.78, 5) is 22.9. The van der Waals surface area contributed by atoms with Crippen molar-refractivity contribution >= 4 is 40.8 Å². The van der Waals surface area contributed by atoms with Gasteiger partial charge in [0, 0.05) is 60.7 Å². The zero-order chi connectivity index (χ0) is 26.6. The molecule has 200 valence electrons. The van der Waals surface area contributed by atoms with Gasteiger partial charge in [-0.1, -0.05) is 18.2 Å². The Labute approximate surface area is 231 Å². The maximum Gasteiger partial charge on any atom is 0.352 e. The van der Waals surface area contributed by atoms with E-state index in [1.165, 1.54) is 13.2 Å². The van der Waals surface area contributed by atoms with Crippen molar-refractivity contribution < 1.29 is 18.7 Å². The molecule has 10 heteroatoms. The number of rotatable bonds is 7. The molecule has 1 amide bonds. The van der Waals surface area contributed by atoms with Gasteiger partial charge < -0.3 is 18.9 Å². The van der Waals surface area contributed by atoms with Gasteiger partial charge in [-0.05, 0) is 55.0 Å². The minimum absolute atomic E-state index is 0.0589. The van der Waals surface area contributed by atoms with Crippen molar-refractivity contribution in [3.05, 3.63) is 77.6 Å². The lowest BCUT2D eigenvalue weighted by Crippen LogP contribution is -2.51. The molecule has 0 radical (unpaired) electrons. The minimum Gasteiger partial charge on any atom is -0.460 e. The number of methoxy groups -OCH3 is 1. The number of amides is 1. The molecule has 1 saturated heterocycles. The number of ether oxygens (including phenoxy) is 2. The normalized spacial score (nSPS) is 19.8. The quantitative estimate of drug-likeness (QED) is 0.301. The fraction of sp³-hybridized carbons (Fsp3) is 0.393. The third-order valence-electron chi connectivity index (χ3n) is 7.19. The lowest BCUT2D eigenvalue weighted by atomic mass is 9.95. The predicted molar refractivity (Wildman–Crippen MR) is 150 cm³/mol. The van der Waals surface area contributed by atoms with E-state index in [-0.39, 0.29) is 29.1 Å². The smallest absolute Gasteiger partial charge is 0.352 e. The van der Waals surface area contributed by atoms with E-state index in [1.807, 2.05) is 35.6 Å². The molecule has 1 aromatic heterocycles. The molecule has 7 nitrogen and oxygen atoms in total.